The van der Waals surface area contributed by atoms with Crippen molar-refractivity contribution >= 4 is 0 Å². The Morgan fingerprint density at radius 3 is 3.00 bits per heavy atom. The van der Waals surface area contributed by atoms with Crippen LogP contribution in [0.5, 0.6) is 0 Å². The number of nitrogens with zero attached hydrogens (tertiary/aromatic N) is 1. The van der Waals surface area contributed by atoms with Crippen molar-refractivity contribution in [1.29, 1.82) is 5.26 Å². The first-order valence-electron chi connectivity index (χ1n) is 3.86. The number of hydrogen-bond acceptors (Lipinski definition) is 3. The van der Waals surface area contributed by atoms with Crippen molar-refractivity contribution in [2.24, 2.45) is 5.41 Å². The van der Waals surface area contributed by atoms with Crippen LogP contribution in [0.4, 0.5) is 0 Å². The molecule has 1 fully saturated rings. The molecule has 1 aliphatic rings. The molecule has 0 bridgehead atoms. The van der Waals surface area contributed by atoms with Gasteiger partial charge in [0.05, 0.1) is 12.7 Å². The molecule has 1 aliphatic heterocycles. The molecular weight excluding hydrogens is 140 g/mol. The highest BCUT2D eigenvalue weighted by molar-refractivity contribution is 4.89. The average Bonchev–Trinajstić information content (AvgIpc) is 2.10. The zero-order valence-electron chi connectivity index (χ0n) is 7.05. The summed E-state index contributed by atoms with van der Waals surface area (Å²) in [7, 11) is 0. The third-order valence-electron chi connectivity index (χ3n) is 1.75. The summed E-state index contributed by atoms with van der Waals surface area (Å²) in [6, 6.07) is 2.10. The van der Waals surface area contributed by atoms with Crippen LogP contribution in [-0.4, -0.2) is 25.8 Å². The highest BCUT2D eigenvalue weighted by Gasteiger charge is 2.24. The molecule has 3 heteroatoms. The Bertz CT molecular complexity index is 171. The van der Waals surface area contributed by atoms with Crippen molar-refractivity contribution in [1.82, 2.24) is 5.32 Å². The van der Waals surface area contributed by atoms with Gasteiger partial charge in [-0.1, -0.05) is 13.8 Å². The van der Waals surface area contributed by atoms with Crippen molar-refractivity contribution < 1.29 is 4.74 Å². The van der Waals surface area contributed by atoms with Crippen LogP contribution in [0.2, 0.25) is 0 Å². The molecule has 0 amide bonds. The van der Waals surface area contributed by atoms with Gasteiger partial charge in [-0.05, 0) is 0 Å². The molecule has 1 unspecified atom stereocenters. The van der Waals surface area contributed by atoms with E-state index in [-0.39, 0.29) is 11.5 Å². The van der Waals surface area contributed by atoms with E-state index in [9.17, 15) is 0 Å². The maximum atomic E-state index is 8.57. The third kappa shape index (κ3) is 2.49. The van der Waals surface area contributed by atoms with Crippen LogP contribution in [0.25, 0.3) is 0 Å². The molecule has 62 valence electrons. The fourth-order valence-electron chi connectivity index (χ4n) is 1.06. The zero-order valence-corrected chi connectivity index (χ0v) is 7.05. The highest BCUT2D eigenvalue weighted by Crippen LogP contribution is 2.16. The van der Waals surface area contributed by atoms with Crippen molar-refractivity contribution in [3.8, 4) is 6.07 Å². The van der Waals surface area contributed by atoms with Crippen molar-refractivity contribution in [2.45, 2.75) is 20.0 Å². The van der Waals surface area contributed by atoms with E-state index in [1.54, 1.807) is 0 Å². The van der Waals surface area contributed by atoms with Gasteiger partial charge in [-0.15, -0.1) is 0 Å². The topological polar surface area (TPSA) is 45.0 Å². The lowest BCUT2D eigenvalue weighted by Gasteiger charge is -2.20. The molecule has 0 aromatic rings. The number of nitrogens with one attached hydrogen (secondary N) is 1. The molecule has 1 heterocycles. The van der Waals surface area contributed by atoms with Crippen molar-refractivity contribution in [2.75, 3.05) is 19.7 Å². The van der Waals surface area contributed by atoms with E-state index in [0.717, 1.165) is 6.54 Å². The molecule has 0 aliphatic carbocycles. The smallest absolute Gasteiger partial charge is 0.156 e. The largest absolute Gasteiger partial charge is 0.361 e. The maximum absolute atomic E-state index is 8.57. The minimum absolute atomic E-state index is 0.158. The molecule has 1 saturated heterocycles. The van der Waals surface area contributed by atoms with Crippen molar-refractivity contribution in [3.05, 3.63) is 0 Å². The first-order chi connectivity index (χ1) is 5.14. The quantitative estimate of drug-likeness (QED) is 0.553. The predicted octanol–water partition coefficient (Wildman–Crippen LogP) is 0.525. The van der Waals surface area contributed by atoms with Gasteiger partial charge in [0.15, 0.2) is 6.10 Å². The van der Waals surface area contributed by atoms with E-state index in [1.807, 2.05) is 0 Å². The maximum Gasteiger partial charge on any atom is 0.156 e. The summed E-state index contributed by atoms with van der Waals surface area (Å²) < 4.78 is 5.34. The first kappa shape index (κ1) is 8.51. The molecule has 1 rings (SSSR count). The summed E-state index contributed by atoms with van der Waals surface area (Å²) in [5, 5.41) is 11.8. The van der Waals surface area contributed by atoms with Gasteiger partial charge in [0.2, 0.25) is 0 Å². The van der Waals surface area contributed by atoms with Crippen LogP contribution in [0.3, 0.4) is 0 Å². The van der Waals surface area contributed by atoms with E-state index in [1.165, 1.54) is 0 Å². The number of rotatable bonds is 0. The molecule has 1 atom stereocenters. The van der Waals surface area contributed by atoms with Crippen LogP contribution in [0.1, 0.15) is 13.8 Å². The molecule has 0 saturated carbocycles. The second-order valence-electron chi connectivity index (χ2n) is 3.72. The van der Waals surface area contributed by atoms with Gasteiger partial charge in [0.25, 0.3) is 0 Å². The summed E-state index contributed by atoms with van der Waals surface area (Å²) in [4.78, 5) is 0. The molecule has 0 radical (unpaired) electrons. The minimum atomic E-state index is -0.267. The Kier molecular flexibility index (Phi) is 2.48. The summed E-state index contributed by atoms with van der Waals surface area (Å²) in [6.07, 6.45) is -0.267. The van der Waals surface area contributed by atoms with Gasteiger partial charge in [0, 0.05) is 18.5 Å². The molecule has 0 aromatic heterocycles. The lowest BCUT2D eigenvalue weighted by atomic mass is 9.95. The molecule has 0 aromatic carbocycles. The summed E-state index contributed by atoms with van der Waals surface area (Å²) in [5.41, 5.74) is 0.158. The first-order valence-corrected chi connectivity index (χ1v) is 3.86. The zero-order chi connectivity index (χ0) is 8.32. The Morgan fingerprint density at radius 1 is 1.64 bits per heavy atom. The molecule has 0 spiro atoms. The number of hydrogen-bond donors (Lipinski definition) is 1. The fourth-order valence-corrected chi connectivity index (χ4v) is 1.06. The van der Waals surface area contributed by atoms with E-state index in [0.29, 0.717) is 13.2 Å². The van der Waals surface area contributed by atoms with E-state index in [2.05, 4.69) is 25.2 Å². The lowest BCUT2D eigenvalue weighted by Crippen LogP contribution is -2.30. The van der Waals surface area contributed by atoms with Crippen LogP contribution in [-0.2, 0) is 4.74 Å². The van der Waals surface area contributed by atoms with Crippen LogP contribution in [0.15, 0.2) is 0 Å². The normalized spacial score (nSPS) is 30.5. The number of ether oxygens (including phenoxy) is 1. The summed E-state index contributed by atoms with van der Waals surface area (Å²) in [6.45, 7) is 6.49. The second-order valence-corrected chi connectivity index (χ2v) is 3.72. The van der Waals surface area contributed by atoms with Crippen LogP contribution < -0.4 is 5.32 Å². The molecular formula is C8H14N2O. The minimum Gasteiger partial charge on any atom is -0.361 e. The van der Waals surface area contributed by atoms with E-state index in [4.69, 9.17) is 10.00 Å². The van der Waals surface area contributed by atoms with E-state index < -0.39 is 0 Å². The molecule has 11 heavy (non-hydrogen) atoms. The van der Waals surface area contributed by atoms with Gasteiger partial charge in [-0.25, -0.2) is 0 Å². The highest BCUT2D eigenvalue weighted by atomic mass is 16.5. The number of nitriles is 1. The monoisotopic (exact) mass is 154 g/mol. The van der Waals surface area contributed by atoms with Crippen molar-refractivity contribution in [3.63, 3.8) is 0 Å². The Hall–Kier alpha value is -0.590. The van der Waals surface area contributed by atoms with Gasteiger partial charge in [0.1, 0.15) is 0 Å². The summed E-state index contributed by atoms with van der Waals surface area (Å²) in [5.74, 6) is 0. The Labute approximate surface area is 67.3 Å². The molecule has 3 nitrogen and oxygen atoms in total. The van der Waals surface area contributed by atoms with Gasteiger partial charge in [-0.2, -0.15) is 5.26 Å². The SMILES string of the molecule is CC1(C)CNCC(C#N)OC1. The van der Waals surface area contributed by atoms with Crippen LogP contribution in [0, 0.1) is 16.7 Å². The lowest BCUT2D eigenvalue weighted by molar-refractivity contribution is 0.0553. The predicted molar refractivity (Wildman–Crippen MR) is 42.0 cm³/mol. The standard InChI is InChI=1S/C8H14N2O/c1-8(2)5-10-4-7(3-9)11-6-8/h7,10H,4-6H2,1-2H3. The Balaban J connectivity index is 2.47. The third-order valence-corrected chi connectivity index (χ3v) is 1.75. The van der Waals surface area contributed by atoms with Crippen LogP contribution >= 0.6 is 0 Å². The second kappa shape index (κ2) is 3.21. The summed E-state index contributed by atoms with van der Waals surface area (Å²) >= 11 is 0. The average molecular weight is 154 g/mol. The van der Waals surface area contributed by atoms with Gasteiger partial charge in [-0.3, -0.25) is 0 Å². The molecule has 1 N–H and O–H groups in total. The van der Waals surface area contributed by atoms with E-state index >= 15 is 0 Å². The van der Waals surface area contributed by atoms with Gasteiger partial charge >= 0.3 is 0 Å². The Morgan fingerprint density at radius 2 is 2.36 bits per heavy atom. The van der Waals surface area contributed by atoms with Gasteiger partial charge < -0.3 is 10.1 Å². The fraction of sp³-hybridized carbons (Fsp3) is 0.875.